The van der Waals surface area contributed by atoms with Crippen LogP contribution in [-0.2, 0) is 4.79 Å². The van der Waals surface area contributed by atoms with Crippen LogP contribution in [-0.4, -0.2) is 27.3 Å². The molecule has 1 aromatic carbocycles. The number of carbonyl (C=O) groups is 1. The molecule has 1 atom stereocenters. The van der Waals surface area contributed by atoms with Crippen molar-refractivity contribution in [3.8, 4) is 5.75 Å². The van der Waals surface area contributed by atoms with E-state index in [1.165, 1.54) is 11.8 Å². The zero-order chi connectivity index (χ0) is 15.9. The van der Waals surface area contributed by atoms with Crippen LogP contribution in [0.4, 0.5) is 0 Å². The minimum absolute atomic E-state index is 0.0167. The van der Waals surface area contributed by atoms with Crippen molar-refractivity contribution in [1.82, 2.24) is 4.90 Å². The fourth-order valence-corrected chi connectivity index (χ4v) is 4.02. The quantitative estimate of drug-likeness (QED) is 0.605. The van der Waals surface area contributed by atoms with E-state index in [1.54, 1.807) is 4.90 Å². The molecule has 0 aliphatic carbocycles. The molecule has 5 heteroatoms. The maximum absolute atomic E-state index is 12.5. The lowest BCUT2D eigenvalue weighted by Gasteiger charge is -2.23. The Morgan fingerprint density at radius 2 is 2.09 bits per heavy atom. The standard InChI is InChI=1S/C17H17NO2S2/c1-10(2)18-16(19)15(22-17(18)21)9-13-8-12-6-4-5-7-14(12)20-11(13)3/h4-11H,1-3H3/b15-9-. The zero-order valence-electron chi connectivity index (χ0n) is 12.7. The van der Waals surface area contributed by atoms with Crippen molar-refractivity contribution in [2.24, 2.45) is 0 Å². The second kappa shape index (κ2) is 5.89. The van der Waals surface area contributed by atoms with Gasteiger partial charge in [-0.15, -0.1) is 0 Å². The Labute approximate surface area is 140 Å². The first kappa shape index (κ1) is 15.3. The van der Waals surface area contributed by atoms with E-state index in [4.69, 9.17) is 17.0 Å². The van der Waals surface area contributed by atoms with Crippen molar-refractivity contribution in [3.63, 3.8) is 0 Å². The zero-order valence-corrected chi connectivity index (χ0v) is 14.3. The second-order valence-electron chi connectivity index (χ2n) is 5.59. The van der Waals surface area contributed by atoms with E-state index in [2.05, 4.69) is 6.08 Å². The normalized spacial score (nSPS) is 22.9. The minimum Gasteiger partial charge on any atom is -0.485 e. The van der Waals surface area contributed by atoms with E-state index in [9.17, 15) is 4.79 Å². The highest BCUT2D eigenvalue weighted by Gasteiger charge is 2.34. The highest BCUT2D eigenvalue weighted by molar-refractivity contribution is 8.26. The van der Waals surface area contributed by atoms with Crippen molar-refractivity contribution >= 4 is 40.3 Å². The van der Waals surface area contributed by atoms with Crippen LogP contribution in [0.25, 0.3) is 6.08 Å². The first-order valence-electron chi connectivity index (χ1n) is 7.21. The van der Waals surface area contributed by atoms with Gasteiger partial charge in [0.15, 0.2) is 0 Å². The third-order valence-corrected chi connectivity index (χ3v) is 4.98. The summed E-state index contributed by atoms with van der Waals surface area (Å²) in [5.41, 5.74) is 2.02. The van der Waals surface area contributed by atoms with Crippen LogP contribution < -0.4 is 4.74 Å². The first-order chi connectivity index (χ1) is 10.5. The molecule has 2 heterocycles. The van der Waals surface area contributed by atoms with Gasteiger partial charge in [-0.3, -0.25) is 9.69 Å². The molecule has 2 aliphatic rings. The molecule has 1 aromatic rings. The number of hydrogen-bond donors (Lipinski definition) is 0. The summed E-state index contributed by atoms with van der Waals surface area (Å²) in [6, 6.07) is 7.97. The summed E-state index contributed by atoms with van der Waals surface area (Å²) in [5.74, 6) is 0.860. The third kappa shape index (κ3) is 2.71. The number of rotatable bonds is 2. The third-order valence-electron chi connectivity index (χ3n) is 3.65. The lowest BCUT2D eigenvalue weighted by atomic mass is 10.0. The predicted molar refractivity (Wildman–Crippen MR) is 94.8 cm³/mol. The molecule has 0 aromatic heterocycles. The Morgan fingerprint density at radius 3 is 2.77 bits per heavy atom. The topological polar surface area (TPSA) is 29.5 Å². The van der Waals surface area contributed by atoms with Crippen LogP contribution in [0.2, 0.25) is 0 Å². The van der Waals surface area contributed by atoms with Gasteiger partial charge in [0.1, 0.15) is 16.2 Å². The molecule has 1 saturated heterocycles. The van der Waals surface area contributed by atoms with Gasteiger partial charge in [-0.1, -0.05) is 42.2 Å². The molecular weight excluding hydrogens is 314 g/mol. The van der Waals surface area contributed by atoms with Crippen molar-refractivity contribution in [3.05, 3.63) is 46.4 Å². The smallest absolute Gasteiger partial charge is 0.266 e. The summed E-state index contributed by atoms with van der Waals surface area (Å²) in [6.45, 7) is 5.92. The number of carbonyl (C=O) groups excluding carboxylic acids is 1. The molecule has 114 valence electrons. The molecule has 1 unspecified atom stereocenters. The van der Waals surface area contributed by atoms with Crippen LogP contribution in [0, 0.1) is 0 Å². The van der Waals surface area contributed by atoms with Gasteiger partial charge in [-0.25, -0.2) is 0 Å². The van der Waals surface area contributed by atoms with Crippen molar-refractivity contribution < 1.29 is 9.53 Å². The van der Waals surface area contributed by atoms with Crippen molar-refractivity contribution in [2.45, 2.75) is 32.9 Å². The molecular formula is C17H17NO2S2. The van der Waals surface area contributed by atoms with E-state index in [1.807, 2.05) is 51.1 Å². The Kier molecular flexibility index (Phi) is 4.10. The molecule has 0 radical (unpaired) electrons. The summed E-state index contributed by atoms with van der Waals surface area (Å²) in [6.07, 6.45) is 3.89. The Balaban J connectivity index is 1.94. The van der Waals surface area contributed by atoms with Crippen molar-refractivity contribution in [1.29, 1.82) is 0 Å². The second-order valence-corrected chi connectivity index (χ2v) is 7.26. The lowest BCUT2D eigenvalue weighted by Crippen LogP contribution is -2.34. The average Bonchev–Trinajstić information content (AvgIpc) is 2.74. The molecule has 3 rings (SSSR count). The van der Waals surface area contributed by atoms with Crippen LogP contribution in [0.15, 0.2) is 40.8 Å². The Morgan fingerprint density at radius 1 is 1.36 bits per heavy atom. The highest BCUT2D eigenvalue weighted by atomic mass is 32.2. The number of ether oxygens (including phenoxy) is 1. The van der Waals surface area contributed by atoms with Crippen LogP contribution >= 0.6 is 24.0 Å². The lowest BCUT2D eigenvalue weighted by molar-refractivity contribution is -0.123. The van der Waals surface area contributed by atoms with Gasteiger partial charge < -0.3 is 4.74 Å². The average molecular weight is 331 g/mol. The van der Waals surface area contributed by atoms with Crippen molar-refractivity contribution in [2.75, 3.05) is 0 Å². The van der Waals surface area contributed by atoms with Gasteiger partial charge >= 0.3 is 0 Å². The maximum atomic E-state index is 12.5. The molecule has 22 heavy (non-hydrogen) atoms. The SMILES string of the molecule is CC1Oc2ccccc2C=C1/C=C1\SC(=S)N(C(C)C)C1=O. The molecule has 2 aliphatic heterocycles. The van der Waals surface area contributed by atoms with Crippen LogP contribution in [0.3, 0.4) is 0 Å². The Bertz CT molecular complexity index is 706. The number of thioether (sulfide) groups is 1. The minimum atomic E-state index is -0.0857. The van der Waals surface area contributed by atoms with Crippen LogP contribution in [0.5, 0.6) is 5.75 Å². The predicted octanol–water partition coefficient (Wildman–Crippen LogP) is 4.00. The van der Waals surface area contributed by atoms with E-state index in [0.717, 1.165) is 16.9 Å². The maximum Gasteiger partial charge on any atom is 0.266 e. The number of benzene rings is 1. The number of nitrogens with zero attached hydrogens (tertiary/aromatic N) is 1. The number of amides is 1. The number of fused-ring (bicyclic) bond motifs is 1. The molecule has 1 amide bonds. The Hall–Kier alpha value is -1.59. The van der Waals surface area contributed by atoms with E-state index in [0.29, 0.717) is 9.23 Å². The van der Waals surface area contributed by atoms with Gasteiger partial charge in [0.25, 0.3) is 5.91 Å². The molecule has 1 fully saturated rings. The van der Waals surface area contributed by atoms with Gasteiger partial charge in [0.2, 0.25) is 0 Å². The van der Waals surface area contributed by atoms with E-state index < -0.39 is 0 Å². The summed E-state index contributed by atoms with van der Waals surface area (Å²) in [7, 11) is 0. The molecule has 0 spiro atoms. The number of thiocarbonyl (C=S) groups is 1. The molecule has 3 nitrogen and oxygen atoms in total. The summed E-state index contributed by atoms with van der Waals surface area (Å²) in [5, 5.41) is 0. The fraction of sp³-hybridized carbons (Fsp3) is 0.294. The van der Waals surface area contributed by atoms with Gasteiger partial charge in [0, 0.05) is 11.6 Å². The molecule has 0 saturated carbocycles. The van der Waals surface area contributed by atoms with E-state index >= 15 is 0 Å². The summed E-state index contributed by atoms with van der Waals surface area (Å²) < 4.78 is 6.53. The van der Waals surface area contributed by atoms with Gasteiger partial charge in [0.05, 0.1) is 4.91 Å². The molecule has 0 bridgehead atoms. The number of para-hydroxylation sites is 1. The largest absolute Gasteiger partial charge is 0.485 e. The monoisotopic (exact) mass is 331 g/mol. The van der Waals surface area contributed by atoms with Gasteiger partial charge in [-0.2, -0.15) is 0 Å². The fourth-order valence-electron chi connectivity index (χ4n) is 2.50. The highest BCUT2D eigenvalue weighted by Crippen LogP contribution is 2.36. The van der Waals surface area contributed by atoms with Gasteiger partial charge in [-0.05, 0) is 44.6 Å². The first-order valence-corrected chi connectivity index (χ1v) is 8.44. The summed E-state index contributed by atoms with van der Waals surface area (Å²) >= 11 is 6.67. The molecule has 0 N–H and O–H groups in total. The summed E-state index contributed by atoms with van der Waals surface area (Å²) in [4.78, 5) is 14.8. The van der Waals surface area contributed by atoms with Crippen LogP contribution in [0.1, 0.15) is 26.3 Å². The number of hydrogen-bond acceptors (Lipinski definition) is 4. The van der Waals surface area contributed by atoms with E-state index in [-0.39, 0.29) is 18.1 Å².